The van der Waals surface area contributed by atoms with Crippen LogP contribution in [-0.2, 0) is 7.05 Å². The van der Waals surface area contributed by atoms with E-state index in [-0.39, 0.29) is 5.92 Å². The molecular weight excluding hydrogens is 316 g/mol. The van der Waals surface area contributed by atoms with Gasteiger partial charge in [0, 0.05) is 26.0 Å². The molecule has 1 fully saturated rings. The standard InChI is InChI=1S/C19H24N4O2/c1-22-11-8-21-19(22)18(24)15-6-9-23(10-7-15)12-13-25-17-5-3-2-4-16(17)14-20/h2-5,8,11,15,18,24H,6-7,9-10,12-13H2,1H3. The van der Waals surface area contributed by atoms with Crippen molar-refractivity contribution in [2.45, 2.75) is 18.9 Å². The first kappa shape index (κ1) is 17.5. The highest BCUT2D eigenvalue weighted by atomic mass is 16.5. The monoisotopic (exact) mass is 340 g/mol. The number of nitriles is 1. The summed E-state index contributed by atoms with van der Waals surface area (Å²) < 4.78 is 7.64. The molecule has 2 aromatic rings. The van der Waals surface area contributed by atoms with Crippen LogP contribution in [0.3, 0.4) is 0 Å². The number of ether oxygens (including phenoxy) is 1. The maximum Gasteiger partial charge on any atom is 0.137 e. The number of aromatic nitrogens is 2. The maximum atomic E-state index is 10.5. The predicted octanol–water partition coefficient (Wildman–Crippen LogP) is 2.12. The molecule has 1 unspecified atom stereocenters. The molecule has 6 nitrogen and oxygen atoms in total. The molecule has 3 rings (SSSR count). The van der Waals surface area contributed by atoms with Gasteiger partial charge in [-0.1, -0.05) is 12.1 Å². The van der Waals surface area contributed by atoms with Gasteiger partial charge in [0.1, 0.15) is 30.4 Å². The summed E-state index contributed by atoms with van der Waals surface area (Å²) in [5, 5.41) is 19.6. The van der Waals surface area contributed by atoms with Crippen LogP contribution in [0.2, 0.25) is 0 Å². The largest absolute Gasteiger partial charge is 0.491 e. The molecule has 1 aliphatic rings. The van der Waals surface area contributed by atoms with Crippen LogP contribution in [0.4, 0.5) is 0 Å². The van der Waals surface area contributed by atoms with Crippen LogP contribution in [0.25, 0.3) is 0 Å². The molecule has 1 aliphatic heterocycles. The van der Waals surface area contributed by atoms with E-state index in [4.69, 9.17) is 10.00 Å². The summed E-state index contributed by atoms with van der Waals surface area (Å²) in [5.41, 5.74) is 0.569. The smallest absolute Gasteiger partial charge is 0.137 e. The normalized spacial score (nSPS) is 17.2. The van der Waals surface area contributed by atoms with Crippen LogP contribution < -0.4 is 4.74 Å². The summed E-state index contributed by atoms with van der Waals surface area (Å²) in [6.45, 7) is 3.26. The number of imidazole rings is 1. The molecule has 25 heavy (non-hydrogen) atoms. The Kier molecular flexibility index (Phi) is 5.69. The Morgan fingerprint density at radius 3 is 2.80 bits per heavy atom. The summed E-state index contributed by atoms with van der Waals surface area (Å²) in [7, 11) is 1.91. The second-order valence-electron chi connectivity index (χ2n) is 6.48. The fraction of sp³-hybridized carbons (Fsp3) is 0.474. The van der Waals surface area contributed by atoms with E-state index in [0.717, 1.165) is 38.3 Å². The summed E-state index contributed by atoms with van der Waals surface area (Å²) in [4.78, 5) is 6.61. The van der Waals surface area contributed by atoms with Crippen molar-refractivity contribution in [2.75, 3.05) is 26.2 Å². The second kappa shape index (κ2) is 8.15. The molecule has 1 saturated heterocycles. The molecule has 1 N–H and O–H groups in total. The zero-order chi connectivity index (χ0) is 17.6. The molecule has 6 heteroatoms. The Hall–Kier alpha value is -2.36. The lowest BCUT2D eigenvalue weighted by Gasteiger charge is -2.33. The summed E-state index contributed by atoms with van der Waals surface area (Å²) in [5.74, 6) is 1.64. The van der Waals surface area contributed by atoms with Crippen LogP contribution in [0.1, 0.15) is 30.3 Å². The van der Waals surface area contributed by atoms with Gasteiger partial charge < -0.3 is 14.4 Å². The van der Waals surface area contributed by atoms with Crippen LogP contribution in [-0.4, -0.2) is 45.8 Å². The summed E-state index contributed by atoms with van der Waals surface area (Å²) >= 11 is 0. The highest BCUT2D eigenvalue weighted by Crippen LogP contribution is 2.29. The van der Waals surface area contributed by atoms with Crippen molar-refractivity contribution in [3.63, 3.8) is 0 Å². The molecule has 1 aromatic carbocycles. The molecule has 1 aromatic heterocycles. The Bertz CT molecular complexity index is 729. The quantitative estimate of drug-likeness (QED) is 0.872. The van der Waals surface area contributed by atoms with Crippen molar-refractivity contribution >= 4 is 0 Å². The lowest BCUT2D eigenvalue weighted by Crippen LogP contribution is -2.38. The average molecular weight is 340 g/mol. The number of likely N-dealkylation sites (tertiary alicyclic amines) is 1. The first-order valence-corrected chi connectivity index (χ1v) is 8.68. The predicted molar refractivity (Wildman–Crippen MR) is 94.0 cm³/mol. The highest BCUT2D eigenvalue weighted by Gasteiger charge is 2.28. The van der Waals surface area contributed by atoms with E-state index in [9.17, 15) is 5.11 Å². The number of hydrogen-bond donors (Lipinski definition) is 1. The molecule has 0 amide bonds. The SMILES string of the molecule is Cn1ccnc1C(O)C1CCN(CCOc2ccccc2C#N)CC1. The minimum absolute atomic E-state index is 0.248. The fourth-order valence-corrected chi connectivity index (χ4v) is 3.33. The maximum absolute atomic E-state index is 10.5. The van der Waals surface area contributed by atoms with Gasteiger partial charge in [-0.3, -0.25) is 4.90 Å². The topological polar surface area (TPSA) is 74.3 Å². The van der Waals surface area contributed by atoms with E-state index in [2.05, 4.69) is 16.0 Å². The van der Waals surface area contributed by atoms with Gasteiger partial charge in [-0.15, -0.1) is 0 Å². The van der Waals surface area contributed by atoms with Gasteiger partial charge in [0.15, 0.2) is 0 Å². The summed E-state index contributed by atoms with van der Waals surface area (Å²) in [6.07, 6.45) is 4.99. The number of nitrogens with zero attached hydrogens (tertiary/aromatic N) is 4. The molecule has 0 bridgehead atoms. The van der Waals surface area contributed by atoms with Crippen molar-refractivity contribution in [1.82, 2.24) is 14.5 Å². The van der Waals surface area contributed by atoms with Gasteiger partial charge in [-0.25, -0.2) is 4.98 Å². The number of hydrogen-bond acceptors (Lipinski definition) is 5. The summed E-state index contributed by atoms with van der Waals surface area (Å²) in [6, 6.07) is 9.45. The van der Waals surface area contributed by atoms with E-state index >= 15 is 0 Å². The first-order chi connectivity index (χ1) is 12.2. The van der Waals surface area contributed by atoms with Gasteiger partial charge in [0.2, 0.25) is 0 Å². The Morgan fingerprint density at radius 1 is 1.36 bits per heavy atom. The minimum atomic E-state index is -0.499. The van der Waals surface area contributed by atoms with Crippen molar-refractivity contribution in [2.24, 2.45) is 13.0 Å². The van der Waals surface area contributed by atoms with Gasteiger partial charge in [0.25, 0.3) is 0 Å². The van der Waals surface area contributed by atoms with E-state index in [0.29, 0.717) is 17.9 Å². The highest BCUT2D eigenvalue weighted by molar-refractivity contribution is 5.42. The zero-order valence-corrected chi connectivity index (χ0v) is 14.5. The van der Waals surface area contributed by atoms with Crippen molar-refractivity contribution in [3.8, 4) is 11.8 Å². The average Bonchev–Trinajstić information content (AvgIpc) is 3.08. The zero-order valence-electron chi connectivity index (χ0n) is 14.5. The lowest BCUT2D eigenvalue weighted by atomic mass is 9.91. The number of para-hydroxylation sites is 1. The van der Waals surface area contributed by atoms with E-state index in [1.165, 1.54) is 0 Å². The third-order valence-electron chi connectivity index (χ3n) is 4.87. The van der Waals surface area contributed by atoms with Crippen molar-refractivity contribution in [3.05, 3.63) is 48.0 Å². The molecule has 0 spiro atoms. The van der Waals surface area contributed by atoms with Gasteiger partial charge in [-0.2, -0.15) is 5.26 Å². The molecule has 132 valence electrons. The number of piperidine rings is 1. The first-order valence-electron chi connectivity index (χ1n) is 8.68. The Morgan fingerprint density at radius 2 is 2.12 bits per heavy atom. The Labute approximate surface area is 148 Å². The molecule has 2 heterocycles. The third-order valence-corrected chi connectivity index (χ3v) is 4.87. The number of aliphatic hydroxyl groups excluding tert-OH is 1. The van der Waals surface area contributed by atoms with E-state index < -0.39 is 6.10 Å². The minimum Gasteiger partial charge on any atom is -0.491 e. The van der Waals surface area contributed by atoms with E-state index in [1.54, 1.807) is 12.3 Å². The number of aryl methyl sites for hydroxylation is 1. The van der Waals surface area contributed by atoms with E-state index in [1.807, 2.05) is 36.0 Å². The lowest BCUT2D eigenvalue weighted by molar-refractivity contribution is 0.0478. The van der Waals surface area contributed by atoms with Crippen LogP contribution in [0.5, 0.6) is 5.75 Å². The van der Waals surface area contributed by atoms with Gasteiger partial charge in [0.05, 0.1) is 5.56 Å². The van der Waals surface area contributed by atoms with Crippen LogP contribution in [0.15, 0.2) is 36.7 Å². The molecule has 0 radical (unpaired) electrons. The second-order valence-corrected chi connectivity index (χ2v) is 6.48. The molecule has 0 saturated carbocycles. The van der Waals surface area contributed by atoms with Gasteiger partial charge >= 0.3 is 0 Å². The Balaban J connectivity index is 1.44. The van der Waals surface area contributed by atoms with Crippen LogP contribution >= 0.6 is 0 Å². The van der Waals surface area contributed by atoms with Crippen molar-refractivity contribution in [1.29, 1.82) is 5.26 Å². The van der Waals surface area contributed by atoms with Crippen molar-refractivity contribution < 1.29 is 9.84 Å². The number of aliphatic hydroxyl groups is 1. The van der Waals surface area contributed by atoms with Gasteiger partial charge in [-0.05, 0) is 44.0 Å². The molecule has 0 aliphatic carbocycles. The number of benzene rings is 1. The third kappa shape index (κ3) is 4.19. The fourth-order valence-electron chi connectivity index (χ4n) is 3.33. The molecular formula is C19H24N4O2. The number of rotatable bonds is 6. The molecule has 1 atom stereocenters. The van der Waals surface area contributed by atoms with Crippen LogP contribution in [0, 0.1) is 17.2 Å².